The number of carbonyl (C=O) groups is 4. The Hall–Kier alpha value is -3.19. The number of hydrogen-bond donors (Lipinski definition) is 1. The average Bonchev–Trinajstić information content (AvgIpc) is 2.93. The molecule has 0 radical (unpaired) electrons. The van der Waals surface area contributed by atoms with Crippen LogP contribution in [-0.2, 0) is 25.5 Å². The van der Waals surface area contributed by atoms with Crippen molar-refractivity contribution >= 4 is 40.9 Å². The molecule has 0 unspecified atom stereocenters. The first-order valence-electron chi connectivity index (χ1n) is 8.57. The lowest BCUT2D eigenvalue weighted by atomic mass is 10.1. The van der Waals surface area contributed by atoms with Crippen LogP contribution in [0.5, 0.6) is 0 Å². The van der Waals surface area contributed by atoms with E-state index >= 15 is 0 Å². The average molecular weight is 401 g/mol. The highest BCUT2D eigenvalue weighted by molar-refractivity contribution is 6.52. The molecule has 0 aliphatic carbocycles. The van der Waals surface area contributed by atoms with Crippen molar-refractivity contribution in [2.45, 2.75) is 6.42 Å². The number of rotatable bonds is 7. The topological polar surface area (TPSA) is 92.8 Å². The molecule has 2 aromatic carbocycles. The predicted octanol–water partition coefficient (Wildman–Crippen LogP) is 1.77. The number of carbonyl (C=O) groups excluding carboxylic acids is 4. The molecule has 1 N–H and O–H groups in total. The Bertz CT molecular complexity index is 926. The Kier molecular flexibility index (Phi) is 6.06. The molecular weight excluding hydrogens is 384 g/mol. The second kappa shape index (κ2) is 8.67. The van der Waals surface area contributed by atoms with E-state index in [1.165, 1.54) is 6.07 Å². The summed E-state index contributed by atoms with van der Waals surface area (Å²) in [6.07, 6.45) is 0.609. The molecule has 1 aliphatic heterocycles. The minimum Gasteiger partial charge on any atom is -0.454 e. The Morgan fingerprint density at radius 3 is 2.50 bits per heavy atom. The fourth-order valence-electron chi connectivity index (χ4n) is 2.77. The highest BCUT2D eigenvalue weighted by Crippen LogP contribution is 2.28. The summed E-state index contributed by atoms with van der Waals surface area (Å²) in [5.74, 6) is -2.67. The third kappa shape index (κ3) is 4.55. The largest absolute Gasteiger partial charge is 0.454 e. The molecule has 1 aliphatic rings. The monoisotopic (exact) mass is 400 g/mol. The van der Waals surface area contributed by atoms with E-state index in [9.17, 15) is 19.2 Å². The number of hydrogen-bond acceptors (Lipinski definition) is 5. The molecular formula is C20H17ClN2O5. The third-order valence-electron chi connectivity index (χ3n) is 4.18. The molecule has 28 heavy (non-hydrogen) atoms. The number of fused-ring (bicyclic) bond motifs is 1. The highest BCUT2D eigenvalue weighted by Gasteiger charge is 2.36. The molecule has 0 saturated carbocycles. The molecule has 0 saturated heterocycles. The van der Waals surface area contributed by atoms with Gasteiger partial charge >= 0.3 is 5.97 Å². The number of nitrogens with one attached hydrogen (secondary N) is 1. The number of para-hydroxylation sites is 1. The van der Waals surface area contributed by atoms with Crippen LogP contribution in [0.4, 0.5) is 5.69 Å². The minimum absolute atomic E-state index is 0.250. The van der Waals surface area contributed by atoms with Crippen molar-refractivity contribution in [1.82, 2.24) is 5.32 Å². The predicted molar refractivity (Wildman–Crippen MR) is 102 cm³/mol. The number of amides is 2. The molecule has 1 heterocycles. The van der Waals surface area contributed by atoms with Crippen molar-refractivity contribution in [3.05, 3.63) is 64.7 Å². The van der Waals surface area contributed by atoms with E-state index in [0.29, 0.717) is 23.7 Å². The Labute approximate surface area is 166 Å². The number of benzene rings is 2. The molecule has 0 bridgehead atoms. The number of anilines is 1. The van der Waals surface area contributed by atoms with Gasteiger partial charge in [-0.05, 0) is 36.2 Å². The smallest absolute Gasteiger partial charge is 0.326 e. The van der Waals surface area contributed by atoms with Crippen molar-refractivity contribution < 1.29 is 23.9 Å². The van der Waals surface area contributed by atoms with Crippen molar-refractivity contribution in [3.8, 4) is 0 Å². The van der Waals surface area contributed by atoms with Crippen LogP contribution in [0.15, 0.2) is 48.5 Å². The van der Waals surface area contributed by atoms with Gasteiger partial charge in [-0.1, -0.05) is 35.9 Å². The van der Waals surface area contributed by atoms with Gasteiger partial charge in [0, 0.05) is 11.6 Å². The van der Waals surface area contributed by atoms with Crippen molar-refractivity contribution in [1.29, 1.82) is 0 Å². The van der Waals surface area contributed by atoms with Crippen LogP contribution in [-0.4, -0.2) is 43.3 Å². The Balaban J connectivity index is 1.43. The maximum atomic E-state index is 12.0. The quantitative estimate of drug-likeness (QED) is 0.565. The van der Waals surface area contributed by atoms with Crippen LogP contribution in [0, 0.1) is 0 Å². The zero-order valence-corrected chi connectivity index (χ0v) is 15.6. The molecule has 3 rings (SSSR count). The maximum absolute atomic E-state index is 12.0. The summed E-state index contributed by atoms with van der Waals surface area (Å²) in [6, 6.07) is 13.7. The van der Waals surface area contributed by atoms with Gasteiger partial charge in [-0.2, -0.15) is 0 Å². The number of Topliss-reactive ketones (excluding diaryl/α,β-unsaturated/α-hetero) is 1. The Morgan fingerprint density at radius 2 is 1.75 bits per heavy atom. The molecule has 2 amide bonds. The number of nitrogens with zero attached hydrogens (tertiary/aromatic N) is 1. The van der Waals surface area contributed by atoms with Gasteiger partial charge < -0.3 is 10.1 Å². The lowest BCUT2D eigenvalue weighted by Crippen LogP contribution is -2.37. The number of esters is 1. The van der Waals surface area contributed by atoms with E-state index in [2.05, 4.69) is 5.32 Å². The van der Waals surface area contributed by atoms with Crippen LogP contribution in [0.2, 0.25) is 5.02 Å². The summed E-state index contributed by atoms with van der Waals surface area (Å²) in [5, 5.41) is 3.28. The molecule has 0 fully saturated rings. The second-order valence-corrected chi connectivity index (χ2v) is 6.56. The van der Waals surface area contributed by atoms with Crippen molar-refractivity contribution in [2.75, 3.05) is 24.6 Å². The zero-order valence-electron chi connectivity index (χ0n) is 14.8. The molecule has 2 aromatic rings. The van der Waals surface area contributed by atoms with Crippen LogP contribution in [0.25, 0.3) is 0 Å². The normalized spacial score (nSPS) is 12.7. The number of ketones is 1. The summed E-state index contributed by atoms with van der Waals surface area (Å²) in [5.41, 5.74) is 1.62. The Morgan fingerprint density at radius 1 is 1.04 bits per heavy atom. The highest BCUT2D eigenvalue weighted by atomic mass is 35.5. The van der Waals surface area contributed by atoms with Crippen LogP contribution in [0.3, 0.4) is 0 Å². The van der Waals surface area contributed by atoms with Crippen molar-refractivity contribution in [3.63, 3.8) is 0 Å². The SMILES string of the molecule is O=C(COC(=O)CN1C(=O)C(=O)c2ccccc21)NCCc1ccc(Cl)cc1. The summed E-state index contributed by atoms with van der Waals surface area (Å²) < 4.78 is 4.91. The van der Waals surface area contributed by atoms with Gasteiger partial charge in [0.2, 0.25) is 0 Å². The van der Waals surface area contributed by atoms with E-state index in [1.54, 1.807) is 30.3 Å². The lowest BCUT2D eigenvalue weighted by molar-refractivity contribution is -0.147. The summed E-state index contributed by atoms with van der Waals surface area (Å²) in [6.45, 7) is -0.513. The van der Waals surface area contributed by atoms with E-state index in [-0.39, 0.29) is 5.56 Å². The lowest BCUT2D eigenvalue weighted by Gasteiger charge is -2.15. The van der Waals surface area contributed by atoms with E-state index in [4.69, 9.17) is 16.3 Å². The van der Waals surface area contributed by atoms with Crippen LogP contribution < -0.4 is 10.2 Å². The van der Waals surface area contributed by atoms with Gasteiger partial charge in [0.1, 0.15) is 6.54 Å². The summed E-state index contributed by atoms with van der Waals surface area (Å²) >= 11 is 5.81. The van der Waals surface area contributed by atoms with Crippen LogP contribution in [0.1, 0.15) is 15.9 Å². The van der Waals surface area contributed by atoms with E-state index in [0.717, 1.165) is 10.5 Å². The van der Waals surface area contributed by atoms with Gasteiger partial charge in [-0.15, -0.1) is 0 Å². The molecule has 0 spiro atoms. The molecule has 7 nitrogen and oxygen atoms in total. The third-order valence-corrected chi connectivity index (χ3v) is 4.43. The van der Waals surface area contributed by atoms with Gasteiger partial charge in [-0.3, -0.25) is 24.1 Å². The second-order valence-electron chi connectivity index (χ2n) is 6.12. The van der Waals surface area contributed by atoms with E-state index in [1.807, 2.05) is 12.1 Å². The van der Waals surface area contributed by atoms with Gasteiger partial charge in [0.05, 0.1) is 11.3 Å². The molecule has 0 aromatic heterocycles. The summed E-state index contributed by atoms with van der Waals surface area (Å²) in [4.78, 5) is 48.7. The first-order valence-corrected chi connectivity index (χ1v) is 8.95. The molecule has 8 heteroatoms. The zero-order chi connectivity index (χ0) is 20.1. The fourth-order valence-corrected chi connectivity index (χ4v) is 2.90. The van der Waals surface area contributed by atoms with E-state index < -0.39 is 36.7 Å². The first-order chi connectivity index (χ1) is 13.5. The van der Waals surface area contributed by atoms with Gasteiger partial charge in [-0.25, -0.2) is 0 Å². The first kappa shape index (κ1) is 19.6. The molecule has 0 atom stereocenters. The summed E-state index contributed by atoms with van der Waals surface area (Å²) in [7, 11) is 0. The fraction of sp³-hybridized carbons (Fsp3) is 0.200. The van der Waals surface area contributed by atoms with Crippen molar-refractivity contribution in [2.24, 2.45) is 0 Å². The van der Waals surface area contributed by atoms with Gasteiger partial charge in [0.15, 0.2) is 6.61 Å². The maximum Gasteiger partial charge on any atom is 0.326 e. The standard InChI is InChI=1S/C20H17ClN2O5/c21-14-7-5-13(6-8-14)9-10-22-17(24)12-28-18(25)11-23-16-4-2-1-3-15(16)19(26)20(23)27/h1-8H,9-12H2,(H,22,24). The minimum atomic E-state index is -0.787. The van der Waals surface area contributed by atoms with Gasteiger partial charge in [0.25, 0.3) is 17.6 Å². The number of halogens is 1. The van der Waals surface area contributed by atoms with Crippen LogP contribution >= 0.6 is 11.6 Å². The molecule has 144 valence electrons. The number of ether oxygens (including phenoxy) is 1.